The van der Waals surface area contributed by atoms with Gasteiger partial charge in [0.1, 0.15) is 11.8 Å². The number of nitrogens with one attached hydrogen (secondary N) is 1. The molecule has 5 nitrogen and oxygen atoms in total. The monoisotopic (exact) mass is 369 g/mol. The standard InChI is InChI=1S/C20H23N3O2S/c1-14-6-4-7-17(10-14)25-13-20(24)21-12-18(19-8-5-9-26-19)23-16(3)11-15(2)22-23/h4-11,18H,12-13H2,1-3H3,(H,21,24). The number of ether oxygens (including phenoxy) is 1. The summed E-state index contributed by atoms with van der Waals surface area (Å²) in [5.41, 5.74) is 3.15. The van der Waals surface area contributed by atoms with Crippen molar-refractivity contribution in [3.05, 3.63) is 69.7 Å². The van der Waals surface area contributed by atoms with Gasteiger partial charge in [-0.15, -0.1) is 11.3 Å². The van der Waals surface area contributed by atoms with Gasteiger partial charge in [-0.25, -0.2) is 0 Å². The molecule has 0 spiro atoms. The van der Waals surface area contributed by atoms with E-state index in [-0.39, 0.29) is 18.6 Å². The smallest absolute Gasteiger partial charge is 0.258 e. The third-order valence-corrected chi connectivity index (χ3v) is 5.04. The van der Waals surface area contributed by atoms with Crippen molar-refractivity contribution < 1.29 is 9.53 Å². The summed E-state index contributed by atoms with van der Waals surface area (Å²) >= 11 is 1.66. The van der Waals surface area contributed by atoms with E-state index in [0.717, 1.165) is 21.8 Å². The van der Waals surface area contributed by atoms with Crippen molar-refractivity contribution in [3.63, 3.8) is 0 Å². The Morgan fingerprint density at radius 1 is 1.23 bits per heavy atom. The molecule has 0 aliphatic rings. The van der Waals surface area contributed by atoms with Crippen molar-refractivity contribution in [2.24, 2.45) is 0 Å². The molecule has 26 heavy (non-hydrogen) atoms. The van der Waals surface area contributed by atoms with Gasteiger partial charge in [0.05, 0.1) is 5.69 Å². The fraction of sp³-hybridized carbons (Fsp3) is 0.300. The van der Waals surface area contributed by atoms with Crippen molar-refractivity contribution in [1.82, 2.24) is 15.1 Å². The Morgan fingerprint density at radius 2 is 2.08 bits per heavy atom. The van der Waals surface area contributed by atoms with Gasteiger partial charge in [-0.2, -0.15) is 5.10 Å². The third-order valence-electron chi connectivity index (χ3n) is 4.06. The second-order valence-corrected chi connectivity index (χ2v) is 7.29. The summed E-state index contributed by atoms with van der Waals surface area (Å²) in [7, 11) is 0. The van der Waals surface area contributed by atoms with Crippen molar-refractivity contribution >= 4 is 17.2 Å². The lowest BCUT2D eigenvalue weighted by atomic mass is 10.2. The van der Waals surface area contributed by atoms with Crippen LogP contribution in [0.4, 0.5) is 0 Å². The number of rotatable bonds is 7. The number of amides is 1. The highest BCUT2D eigenvalue weighted by Gasteiger charge is 2.19. The number of thiophene rings is 1. The van der Waals surface area contributed by atoms with Gasteiger partial charge in [-0.05, 0) is 56.0 Å². The quantitative estimate of drug-likeness (QED) is 0.691. The summed E-state index contributed by atoms with van der Waals surface area (Å²) in [4.78, 5) is 13.4. The van der Waals surface area contributed by atoms with E-state index in [1.165, 1.54) is 0 Å². The third kappa shape index (κ3) is 4.52. The summed E-state index contributed by atoms with van der Waals surface area (Å²) in [5.74, 6) is 0.558. The number of carbonyl (C=O) groups is 1. The molecule has 1 amide bonds. The van der Waals surface area contributed by atoms with Crippen LogP contribution in [0.3, 0.4) is 0 Å². The Balaban J connectivity index is 1.63. The van der Waals surface area contributed by atoms with E-state index in [9.17, 15) is 4.79 Å². The number of hydrogen-bond donors (Lipinski definition) is 1. The van der Waals surface area contributed by atoms with Gasteiger partial charge >= 0.3 is 0 Å². The SMILES string of the molecule is Cc1cccc(OCC(=O)NCC(c2cccs2)n2nc(C)cc2C)c1. The molecular weight excluding hydrogens is 346 g/mol. The molecule has 0 aliphatic carbocycles. The zero-order chi connectivity index (χ0) is 18.5. The molecule has 0 saturated heterocycles. The zero-order valence-corrected chi connectivity index (χ0v) is 16.0. The van der Waals surface area contributed by atoms with Crippen molar-refractivity contribution in [3.8, 4) is 5.75 Å². The van der Waals surface area contributed by atoms with Gasteiger partial charge in [0.2, 0.25) is 0 Å². The molecule has 0 aliphatic heterocycles. The van der Waals surface area contributed by atoms with Gasteiger partial charge in [-0.1, -0.05) is 18.2 Å². The minimum absolute atomic E-state index is 0.00225. The van der Waals surface area contributed by atoms with Crippen LogP contribution in [0.1, 0.15) is 27.9 Å². The van der Waals surface area contributed by atoms with Crippen LogP contribution < -0.4 is 10.1 Å². The summed E-state index contributed by atoms with van der Waals surface area (Å²) in [6.07, 6.45) is 0. The second kappa shape index (κ2) is 8.19. The molecular formula is C20H23N3O2S. The van der Waals surface area contributed by atoms with Gasteiger partial charge in [0, 0.05) is 17.1 Å². The van der Waals surface area contributed by atoms with Crippen LogP contribution in [-0.4, -0.2) is 28.8 Å². The van der Waals surface area contributed by atoms with E-state index in [1.807, 2.05) is 67.2 Å². The minimum atomic E-state index is -0.144. The highest BCUT2D eigenvalue weighted by Crippen LogP contribution is 2.24. The van der Waals surface area contributed by atoms with Gasteiger partial charge in [-0.3, -0.25) is 9.48 Å². The minimum Gasteiger partial charge on any atom is -0.484 e. The fourth-order valence-electron chi connectivity index (χ4n) is 2.87. The largest absolute Gasteiger partial charge is 0.484 e. The number of aryl methyl sites for hydroxylation is 3. The van der Waals surface area contributed by atoms with Gasteiger partial charge in [0.25, 0.3) is 5.91 Å². The van der Waals surface area contributed by atoms with Crippen molar-refractivity contribution in [2.45, 2.75) is 26.8 Å². The summed E-state index contributed by atoms with van der Waals surface area (Å²) in [6.45, 7) is 6.47. The molecule has 1 atom stereocenters. The molecule has 3 rings (SSSR count). The number of aromatic nitrogens is 2. The fourth-order valence-corrected chi connectivity index (χ4v) is 3.68. The lowest BCUT2D eigenvalue weighted by Gasteiger charge is -2.19. The Hall–Kier alpha value is -2.60. The predicted molar refractivity (Wildman–Crippen MR) is 104 cm³/mol. The Bertz CT molecular complexity index is 871. The van der Waals surface area contributed by atoms with Crippen LogP contribution in [0.25, 0.3) is 0 Å². The van der Waals surface area contributed by atoms with Crippen LogP contribution in [0.15, 0.2) is 47.8 Å². The molecule has 136 valence electrons. The zero-order valence-electron chi connectivity index (χ0n) is 15.2. The number of nitrogens with zero attached hydrogens (tertiary/aromatic N) is 2. The molecule has 0 bridgehead atoms. The molecule has 1 aromatic carbocycles. The Kier molecular flexibility index (Phi) is 5.73. The maximum Gasteiger partial charge on any atom is 0.258 e. The first-order chi connectivity index (χ1) is 12.5. The lowest BCUT2D eigenvalue weighted by molar-refractivity contribution is -0.123. The molecule has 0 fully saturated rings. The first-order valence-electron chi connectivity index (χ1n) is 8.55. The van der Waals surface area contributed by atoms with E-state index in [2.05, 4.69) is 16.5 Å². The van der Waals surface area contributed by atoms with Crippen LogP contribution in [0.2, 0.25) is 0 Å². The molecule has 0 radical (unpaired) electrons. The summed E-state index contributed by atoms with van der Waals surface area (Å²) in [6, 6.07) is 13.8. The number of benzene rings is 1. The average molecular weight is 369 g/mol. The van der Waals surface area contributed by atoms with Crippen LogP contribution in [0.5, 0.6) is 5.75 Å². The van der Waals surface area contributed by atoms with Crippen molar-refractivity contribution in [2.75, 3.05) is 13.2 Å². The topological polar surface area (TPSA) is 56.1 Å². The molecule has 1 unspecified atom stereocenters. The number of hydrogen-bond acceptors (Lipinski definition) is 4. The maximum atomic E-state index is 12.2. The highest BCUT2D eigenvalue weighted by atomic mass is 32.1. The van der Waals surface area contributed by atoms with E-state index >= 15 is 0 Å². The van der Waals surface area contributed by atoms with E-state index in [1.54, 1.807) is 11.3 Å². The normalized spacial score (nSPS) is 12.0. The molecule has 1 N–H and O–H groups in total. The van der Waals surface area contributed by atoms with Gasteiger partial charge < -0.3 is 10.1 Å². The molecule has 2 aromatic heterocycles. The van der Waals surface area contributed by atoms with Gasteiger partial charge in [0.15, 0.2) is 6.61 Å². The van der Waals surface area contributed by atoms with E-state index in [0.29, 0.717) is 12.3 Å². The Labute approximate surface area is 157 Å². The van der Waals surface area contributed by atoms with E-state index in [4.69, 9.17) is 4.74 Å². The lowest BCUT2D eigenvalue weighted by Crippen LogP contribution is -2.34. The number of carbonyl (C=O) groups excluding carboxylic acids is 1. The van der Waals surface area contributed by atoms with Crippen LogP contribution >= 0.6 is 11.3 Å². The highest BCUT2D eigenvalue weighted by molar-refractivity contribution is 7.10. The van der Waals surface area contributed by atoms with Crippen LogP contribution in [-0.2, 0) is 4.79 Å². The summed E-state index contributed by atoms with van der Waals surface area (Å²) < 4.78 is 7.55. The Morgan fingerprint density at radius 3 is 2.73 bits per heavy atom. The molecule has 0 saturated carbocycles. The summed E-state index contributed by atoms with van der Waals surface area (Å²) in [5, 5.41) is 9.60. The van der Waals surface area contributed by atoms with Crippen molar-refractivity contribution in [1.29, 1.82) is 0 Å². The first kappa shape index (κ1) is 18.2. The molecule has 6 heteroatoms. The van der Waals surface area contributed by atoms with Crippen LogP contribution in [0, 0.1) is 20.8 Å². The first-order valence-corrected chi connectivity index (χ1v) is 9.43. The molecule has 2 heterocycles. The van der Waals surface area contributed by atoms with E-state index < -0.39 is 0 Å². The predicted octanol–water partition coefficient (Wildman–Crippen LogP) is 3.65. The maximum absolute atomic E-state index is 12.2. The average Bonchev–Trinajstić information content (AvgIpc) is 3.24. The molecule has 3 aromatic rings. The second-order valence-electron chi connectivity index (χ2n) is 6.31.